The first-order chi connectivity index (χ1) is 9.45. The van der Waals surface area contributed by atoms with Gasteiger partial charge in [-0.1, -0.05) is 0 Å². The maximum atomic E-state index is 12.5. The fourth-order valence-electron chi connectivity index (χ4n) is 1.69. The van der Waals surface area contributed by atoms with Gasteiger partial charge in [0.1, 0.15) is 4.21 Å². The van der Waals surface area contributed by atoms with Gasteiger partial charge >= 0.3 is 0 Å². The molecule has 0 spiro atoms. The minimum atomic E-state index is -3.44. The van der Waals surface area contributed by atoms with E-state index < -0.39 is 10.0 Å². The Hall–Kier alpha value is -0.800. The third-order valence-electron chi connectivity index (χ3n) is 2.90. The molecule has 0 fully saturated rings. The molecule has 2 N–H and O–H groups in total. The molecule has 0 radical (unpaired) electrons. The Balaban J connectivity index is 2.18. The van der Waals surface area contributed by atoms with Crippen molar-refractivity contribution in [2.75, 3.05) is 13.6 Å². The van der Waals surface area contributed by atoms with Crippen LogP contribution in [0.15, 0.2) is 21.9 Å². The van der Waals surface area contributed by atoms with Gasteiger partial charge < -0.3 is 5.73 Å². The average Bonchev–Trinajstić information content (AvgIpc) is 3.00. The maximum Gasteiger partial charge on any atom is 0.252 e. The molecule has 0 atom stereocenters. The Morgan fingerprint density at radius 2 is 2.15 bits per heavy atom. The molecule has 0 aliphatic heterocycles. The summed E-state index contributed by atoms with van der Waals surface area (Å²) in [4.78, 5) is 6.10. The van der Waals surface area contributed by atoms with Crippen LogP contribution < -0.4 is 5.73 Å². The van der Waals surface area contributed by atoms with Gasteiger partial charge in [0.25, 0.3) is 10.0 Å². The standard InChI is InChI=1S/C12H17N3O2S3/c1-9-11(18-8-14-9)7-15(2)20(16,17)12-4-3-10(19-12)5-6-13/h3-4,8H,5-7,13H2,1-2H3. The average molecular weight is 331 g/mol. The maximum absolute atomic E-state index is 12.5. The molecular formula is C12H17N3O2S3. The quantitative estimate of drug-likeness (QED) is 0.876. The number of sulfonamides is 1. The van der Waals surface area contributed by atoms with Gasteiger partial charge in [0, 0.05) is 23.3 Å². The molecule has 0 aliphatic carbocycles. The molecule has 0 unspecified atom stereocenters. The monoisotopic (exact) mass is 331 g/mol. The molecule has 0 saturated heterocycles. The van der Waals surface area contributed by atoms with Crippen LogP contribution in [0.1, 0.15) is 15.4 Å². The largest absolute Gasteiger partial charge is 0.330 e. The Morgan fingerprint density at radius 1 is 1.40 bits per heavy atom. The van der Waals surface area contributed by atoms with E-state index >= 15 is 0 Å². The lowest BCUT2D eigenvalue weighted by Gasteiger charge is -2.15. The first kappa shape index (κ1) is 15.6. The van der Waals surface area contributed by atoms with Crippen LogP contribution in [0, 0.1) is 6.92 Å². The molecule has 2 heterocycles. The summed E-state index contributed by atoms with van der Waals surface area (Å²) in [5, 5.41) is 0. The van der Waals surface area contributed by atoms with Crippen LogP contribution in [-0.2, 0) is 23.0 Å². The van der Waals surface area contributed by atoms with Crippen molar-refractivity contribution in [2.24, 2.45) is 5.73 Å². The van der Waals surface area contributed by atoms with E-state index in [2.05, 4.69) is 4.98 Å². The summed E-state index contributed by atoms with van der Waals surface area (Å²) < 4.78 is 26.7. The van der Waals surface area contributed by atoms with E-state index in [9.17, 15) is 8.42 Å². The molecule has 5 nitrogen and oxygen atoms in total. The summed E-state index contributed by atoms with van der Waals surface area (Å²) in [5.41, 5.74) is 8.10. The van der Waals surface area contributed by atoms with E-state index in [0.717, 1.165) is 15.4 Å². The number of aryl methyl sites for hydroxylation is 1. The highest BCUT2D eigenvalue weighted by atomic mass is 32.2. The summed E-state index contributed by atoms with van der Waals surface area (Å²) in [7, 11) is -1.85. The Bertz CT molecular complexity index is 676. The van der Waals surface area contributed by atoms with Crippen molar-refractivity contribution in [2.45, 2.75) is 24.1 Å². The molecule has 2 aromatic heterocycles. The number of thiazole rings is 1. The van der Waals surface area contributed by atoms with Gasteiger partial charge in [-0.05, 0) is 32.0 Å². The zero-order chi connectivity index (χ0) is 14.8. The van der Waals surface area contributed by atoms with Gasteiger partial charge in [-0.15, -0.1) is 22.7 Å². The topological polar surface area (TPSA) is 76.3 Å². The minimum absolute atomic E-state index is 0.350. The minimum Gasteiger partial charge on any atom is -0.330 e. The number of rotatable bonds is 6. The lowest BCUT2D eigenvalue weighted by atomic mass is 10.3. The lowest BCUT2D eigenvalue weighted by molar-refractivity contribution is 0.470. The van der Waals surface area contributed by atoms with E-state index in [4.69, 9.17) is 5.73 Å². The molecule has 0 bridgehead atoms. The number of thiophene rings is 1. The molecule has 8 heteroatoms. The van der Waals surface area contributed by atoms with Gasteiger partial charge in [-0.2, -0.15) is 4.31 Å². The Labute approximate surface area is 127 Å². The number of hydrogen-bond donors (Lipinski definition) is 1. The molecule has 0 amide bonds. The first-order valence-corrected chi connectivity index (χ1v) is 9.23. The Morgan fingerprint density at radius 3 is 2.75 bits per heavy atom. The van der Waals surface area contributed by atoms with Crippen molar-refractivity contribution < 1.29 is 8.42 Å². The summed E-state index contributed by atoms with van der Waals surface area (Å²) in [6.07, 6.45) is 0.706. The van der Waals surface area contributed by atoms with E-state index in [-0.39, 0.29) is 0 Å². The fraction of sp³-hybridized carbons (Fsp3) is 0.417. The van der Waals surface area contributed by atoms with Crippen LogP contribution in [0.3, 0.4) is 0 Å². The second-order valence-electron chi connectivity index (χ2n) is 4.38. The highest BCUT2D eigenvalue weighted by Crippen LogP contribution is 2.26. The zero-order valence-electron chi connectivity index (χ0n) is 11.4. The van der Waals surface area contributed by atoms with Crippen LogP contribution in [0.2, 0.25) is 0 Å². The summed E-state index contributed by atoms with van der Waals surface area (Å²) in [5.74, 6) is 0. The van der Waals surface area contributed by atoms with Gasteiger partial charge in [0.15, 0.2) is 0 Å². The summed E-state index contributed by atoms with van der Waals surface area (Å²) in [6.45, 7) is 2.76. The predicted octanol–water partition coefficient (Wildman–Crippen LogP) is 1.83. The third-order valence-corrected chi connectivity index (χ3v) is 7.24. The van der Waals surface area contributed by atoms with Crippen LogP contribution in [0.25, 0.3) is 0 Å². The van der Waals surface area contributed by atoms with Gasteiger partial charge in [-0.3, -0.25) is 0 Å². The second-order valence-corrected chi connectivity index (χ2v) is 8.76. The molecule has 2 rings (SSSR count). The molecule has 2 aromatic rings. The van der Waals surface area contributed by atoms with Crippen molar-refractivity contribution in [3.63, 3.8) is 0 Å². The van der Waals surface area contributed by atoms with E-state index in [1.807, 2.05) is 13.0 Å². The fourth-order valence-corrected chi connectivity index (χ4v) is 5.32. The third kappa shape index (κ3) is 3.26. The van der Waals surface area contributed by atoms with E-state index in [1.165, 1.54) is 27.0 Å². The van der Waals surface area contributed by atoms with E-state index in [1.54, 1.807) is 18.6 Å². The van der Waals surface area contributed by atoms with Crippen LogP contribution in [0.4, 0.5) is 0 Å². The van der Waals surface area contributed by atoms with Gasteiger partial charge in [-0.25, -0.2) is 13.4 Å². The molecule has 0 aromatic carbocycles. The lowest BCUT2D eigenvalue weighted by Crippen LogP contribution is -2.25. The van der Waals surface area contributed by atoms with Crippen LogP contribution in [-0.4, -0.2) is 31.3 Å². The van der Waals surface area contributed by atoms with Crippen molar-refractivity contribution in [3.05, 3.63) is 33.1 Å². The smallest absolute Gasteiger partial charge is 0.252 e. The van der Waals surface area contributed by atoms with Crippen molar-refractivity contribution >= 4 is 32.7 Å². The highest BCUT2D eigenvalue weighted by molar-refractivity contribution is 7.91. The SMILES string of the molecule is Cc1ncsc1CN(C)S(=O)(=O)c1ccc(CCN)s1. The molecule has 0 saturated carbocycles. The van der Waals surface area contributed by atoms with Crippen molar-refractivity contribution in [3.8, 4) is 0 Å². The number of nitrogens with two attached hydrogens (primary N) is 1. The predicted molar refractivity (Wildman–Crippen MR) is 82.6 cm³/mol. The molecule has 20 heavy (non-hydrogen) atoms. The first-order valence-electron chi connectivity index (χ1n) is 6.09. The summed E-state index contributed by atoms with van der Waals surface area (Å²) >= 11 is 2.76. The molecular weight excluding hydrogens is 314 g/mol. The number of hydrogen-bond acceptors (Lipinski definition) is 6. The number of nitrogens with zero attached hydrogens (tertiary/aromatic N) is 2. The zero-order valence-corrected chi connectivity index (χ0v) is 13.8. The van der Waals surface area contributed by atoms with Crippen LogP contribution >= 0.6 is 22.7 Å². The number of aromatic nitrogens is 1. The highest BCUT2D eigenvalue weighted by Gasteiger charge is 2.23. The normalized spacial score (nSPS) is 12.2. The summed E-state index contributed by atoms with van der Waals surface area (Å²) in [6, 6.07) is 3.48. The second kappa shape index (κ2) is 6.31. The van der Waals surface area contributed by atoms with Gasteiger partial charge in [0.05, 0.1) is 11.2 Å². The van der Waals surface area contributed by atoms with E-state index in [0.29, 0.717) is 23.7 Å². The van der Waals surface area contributed by atoms with Crippen molar-refractivity contribution in [1.82, 2.24) is 9.29 Å². The van der Waals surface area contributed by atoms with Gasteiger partial charge in [0.2, 0.25) is 0 Å². The van der Waals surface area contributed by atoms with Crippen molar-refractivity contribution in [1.29, 1.82) is 0 Å². The van der Waals surface area contributed by atoms with Crippen LogP contribution in [0.5, 0.6) is 0 Å². The molecule has 110 valence electrons. The molecule has 0 aliphatic rings. The Kier molecular flexibility index (Phi) is 4.92.